The number of nitrogens with one attached hydrogen (secondary N) is 1. The summed E-state index contributed by atoms with van der Waals surface area (Å²) in [6, 6.07) is 27.2. The molecule has 0 saturated heterocycles. The molecule has 0 spiro atoms. The molecular formula is C34H31N3O4S. The summed E-state index contributed by atoms with van der Waals surface area (Å²) < 4.78 is 11.1. The van der Waals surface area contributed by atoms with Gasteiger partial charge in [0, 0.05) is 52.5 Å². The Bertz CT molecular complexity index is 1640. The number of methoxy groups -OCH3 is 1. The minimum atomic E-state index is -0.686. The summed E-state index contributed by atoms with van der Waals surface area (Å²) in [5, 5.41) is 4.23. The van der Waals surface area contributed by atoms with Crippen LogP contribution >= 0.6 is 11.3 Å². The van der Waals surface area contributed by atoms with Gasteiger partial charge in [0.1, 0.15) is 16.8 Å². The maximum Gasteiger partial charge on any atom is 0.328 e. The van der Waals surface area contributed by atoms with Gasteiger partial charge < -0.3 is 14.8 Å². The zero-order valence-corrected chi connectivity index (χ0v) is 24.3. The van der Waals surface area contributed by atoms with Crippen LogP contribution < -0.4 is 10.1 Å². The molecule has 0 fully saturated rings. The van der Waals surface area contributed by atoms with E-state index < -0.39 is 12.0 Å². The molecule has 0 unspecified atom stereocenters. The van der Waals surface area contributed by atoms with Crippen molar-refractivity contribution >= 4 is 28.8 Å². The average Bonchev–Trinajstić information content (AvgIpc) is 3.42. The molecule has 0 radical (unpaired) electrons. The van der Waals surface area contributed by atoms with E-state index in [1.807, 2.05) is 66.7 Å². The third-order valence-corrected chi connectivity index (χ3v) is 7.88. The minimum Gasteiger partial charge on any atom is -0.493 e. The van der Waals surface area contributed by atoms with Crippen molar-refractivity contribution in [2.75, 3.05) is 19.0 Å². The lowest BCUT2D eigenvalue weighted by molar-refractivity contribution is -0.141. The van der Waals surface area contributed by atoms with Crippen molar-refractivity contribution in [2.24, 2.45) is 0 Å². The second-order valence-corrected chi connectivity index (χ2v) is 10.9. The van der Waals surface area contributed by atoms with Crippen LogP contribution in [-0.4, -0.2) is 41.5 Å². The van der Waals surface area contributed by atoms with Crippen molar-refractivity contribution in [3.05, 3.63) is 131 Å². The highest BCUT2D eigenvalue weighted by atomic mass is 32.1. The molecule has 3 aromatic carbocycles. The third-order valence-electron chi connectivity index (χ3n) is 6.81. The minimum absolute atomic E-state index is 0.120. The zero-order chi connectivity index (χ0) is 29.3. The lowest BCUT2D eigenvalue weighted by Gasteiger charge is -2.20. The Balaban J connectivity index is 1.21. The van der Waals surface area contributed by atoms with E-state index in [9.17, 15) is 9.59 Å². The first kappa shape index (κ1) is 28.7. The number of hydrogen-bond acceptors (Lipinski definition) is 8. The first-order valence-electron chi connectivity index (χ1n) is 13.6. The van der Waals surface area contributed by atoms with Gasteiger partial charge in [-0.15, -0.1) is 11.3 Å². The topological polar surface area (TPSA) is 90.4 Å². The number of aromatic nitrogens is 2. The molecule has 5 rings (SSSR count). The number of rotatable bonds is 12. The SMILES string of the molecule is COC(=O)[C@H](Cc1ccc(OCCc2nc(-c3ccncc3)sc2C)cc1)Nc1ccccc1C(=O)c1ccccc1. The molecule has 1 N–H and O–H groups in total. The highest BCUT2D eigenvalue weighted by Gasteiger charge is 2.22. The second-order valence-electron chi connectivity index (χ2n) is 9.67. The normalized spacial score (nSPS) is 11.5. The summed E-state index contributed by atoms with van der Waals surface area (Å²) >= 11 is 1.67. The standard InChI is InChI=1S/C34H31N3O4S/c1-23-29(37-33(42-23)26-16-19-35-20-17-26)18-21-41-27-14-12-24(13-15-27)22-31(34(39)40-2)36-30-11-7-6-10-28(30)32(38)25-8-4-3-5-9-25/h3-17,19-20,31,36H,18,21-22H2,1-2H3/t31-/m0/s1. The van der Waals surface area contributed by atoms with Gasteiger partial charge in [0.05, 0.1) is 19.4 Å². The highest BCUT2D eigenvalue weighted by Crippen LogP contribution is 2.28. The van der Waals surface area contributed by atoms with Gasteiger partial charge in [0.2, 0.25) is 0 Å². The first-order valence-corrected chi connectivity index (χ1v) is 14.4. The van der Waals surface area contributed by atoms with Gasteiger partial charge in [-0.1, -0.05) is 54.6 Å². The molecule has 0 aliphatic carbocycles. The van der Waals surface area contributed by atoms with Crippen LogP contribution in [-0.2, 0) is 22.4 Å². The summed E-state index contributed by atoms with van der Waals surface area (Å²) in [7, 11) is 1.36. The van der Waals surface area contributed by atoms with Gasteiger partial charge in [0.15, 0.2) is 5.78 Å². The lowest BCUT2D eigenvalue weighted by Crippen LogP contribution is -2.33. The van der Waals surface area contributed by atoms with Crippen LogP contribution in [0, 0.1) is 6.92 Å². The smallest absolute Gasteiger partial charge is 0.328 e. The number of ether oxygens (including phenoxy) is 2. The van der Waals surface area contributed by atoms with Gasteiger partial charge in [-0.3, -0.25) is 9.78 Å². The largest absolute Gasteiger partial charge is 0.493 e. The number of esters is 1. The number of carbonyl (C=O) groups is 2. The second kappa shape index (κ2) is 13.7. The number of nitrogens with zero attached hydrogens (tertiary/aromatic N) is 2. The fourth-order valence-corrected chi connectivity index (χ4v) is 5.54. The van der Waals surface area contributed by atoms with Crippen molar-refractivity contribution in [2.45, 2.75) is 25.8 Å². The monoisotopic (exact) mass is 577 g/mol. The molecule has 2 aromatic heterocycles. The number of aryl methyl sites for hydroxylation is 1. The van der Waals surface area contributed by atoms with Gasteiger partial charge in [0.25, 0.3) is 0 Å². The number of pyridine rings is 1. The summed E-state index contributed by atoms with van der Waals surface area (Å²) in [5.41, 5.74) is 4.66. The number of para-hydroxylation sites is 1. The van der Waals surface area contributed by atoms with Gasteiger partial charge in [-0.2, -0.15) is 0 Å². The number of carbonyl (C=O) groups excluding carboxylic acids is 2. The molecule has 212 valence electrons. The van der Waals surface area contributed by atoms with Crippen LogP contribution in [0.2, 0.25) is 0 Å². The van der Waals surface area contributed by atoms with Crippen LogP contribution in [0.5, 0.6) is 5.75 Å². The predicted molar refractivity (Wildman–Crippen MR) is 165 cm³/mol. The molecule has 7 nitrogen and oxygen atoms in total. The van der Waals surface area contributed by atoms with Crippen LogP contribution in [0.1, 0.15) is 32.1 Å². The van der Waals surface area contributed by atoms with Crippen molar-refractivity contribution in [1.29, 1.82) is 0 Å². The number of benzene rings is 3. The number of hydrogen-bond donors (Lipinski definition) is 1. The van der Waals surface area contributed by atoms with Crippen molar-refractivity contribution in [3.63, 3.8) is 0 Å². The molecule has 0 aliphatic rings. The Morgan fingerprint density at radius 2 is 1.62 bits per heavy atom. The van der Waals surface area contributed by atoms with E-state index in [0.717, 1.165) is 27.6 Å². The van der Waals surface area contributed by atoms with Crippen LogP contribution in [0.25, 0.3) is 10.6 Å². The fraction of sp³-hybridized carbons (Fsp3) is 0.176. The summed E-state index contributed by atoms with van der Waals surface area (Å²) in [6.07, 6.45) is 4.61. The Morgan fingerprint density at radius 1 is 0.905 bits per heavy atom. The van der Waals surface area contributed by atoms with Crippen molar-refractivity contribution < 1.29 is 19.1 Å². The molecule has 2 heterocycles. The van der Waals surface area contributed by atoms with Crippen LogP contribution in [0.15, 0.2) is 103 Å². The van der Waals surface area contributed by atoms with E-state index in [-0.39, 0.29) is 5.78 Å². The third kappa shape index (κ3) is 7.08. The Hall–Kier alpha value is -4.82. The van der Waals surface area contributed by atoms with E-state index >= 15 is 0 Å². The maximum absolute atomic E-state index is 13.2. The van der Waals surface area contributed by atoms with Crippen LogP contribution in [0.4, 0.5) is 5.69 Å². The average molecular weight is 578 g/mol. The van der Waals surface area contributed by atoms with Gasteiger partial charge in [-0.25, -0.2) is 9.78 Å². The summed E-state index contributed by atoms with van der Waals surface area (Å²) in [4.78, 5) is 35.9. The van der Waals surface area contributed by atoms with E-state index in [1.54, 1.807) is 48.0 Å². The maximum atomic E-state index is 13.2. The van der Waals surface area contributed by atoms with Crippen molar-refractivity contribution in [3.8, 4) is 16.3 Å². The van der Waals surface area contributed by atoms with Crippen molar-refractivity contribution in [1.82, 2.24) is 9.97 Å². The van der Waals surface area contributed by atoms with E-state index in [2.05, 4.69) is 17.2 Å². The molecule has 0 saturated carbocycles. The van der Waals surface area contributed by atoms with E-state index in [0.29, 0.717) is 36.3 Å². The number of thiazole rings is 1. The summed E-state index contributed by atoms with van der Waals surface area (Å²) in [5.74, 6) is 0.203. The van der Waals surface area contributed by atoms with Gasteiger partial charge in [-0.05, 0) is 48.9 Å². The molecule has 0 aliphatic heterocycles. The Kier molecular flexibility index (Phi) is 9.36. The summed E-state index contributed by atoms with van der Waals surface area (Å²) in [6.45, 7) is 2.58. The fourth-order valence-electron chi connectivity index (χ4n) is 4.58. The molecule has 8 heteroatoms. The number of ketones is 1. The van der Waals surface area contributed by atoms with E-state index in [4.69, 9.17) is 14.5 Å². The lowest BCUT2D eigenvalue weighted by atomic mass is 10.00. The number of anilines is 1. The first-order chi connectivity index (χ1) is 20.5. The molecule has 0 amide bonds. The zero-order valence-electron chi connectivity index (χ0n) is 23.4. The molecular weight excluding hydrogens is 546 g/mol. The van der Waals surface area contributed by atoms with Crippen LogP contribution in [0.3, 0.4) is 0 Å². The molecule has 5 aromatic rings. The molecule has 1 atom stereocenters. The van der Waals surface area contributed by atoms with Gasteiger partial charge >= 0.3 is 5.97 Å². The highest BCUT2D eigenvalue weighted by molar-refractivity contribution is 7.15. The Morgan fingerprint density at radius 3 is 2.36 bits per heavy atom. The molecule has 0 bridgehead atoms. The predicted octanol–water partition coefficient (Wildman–Crippen LogP) is 6.56. The molecule has 42 heavy (non-hydrogen) atoms. The quantitative estimate of drug-likeness (QED) is 0.133. The van der Waals surface area contributed by atoms with E-state index in [1.165, 1.54) is 12.0 Å². The Labute approximate surface area is 249 Å².